The summed E-state index contributed by atoms with van der Waals surface area (Å²) in [6, 6.07) is 17.7. The van der Waals surface area contributed by atoms with Gasteiger partial charge in [0.1, 0.15) is 11.6 Å². The molecule has 0 unspecified atom stereocenters. The van der Waals surface area contributed by atoms with E-state index in [4.69, 9.17) is 4.74 Å². The lowest BCUT2D eigenvalue weighted by molar-refractivity contribution is -0.118. The van der Waals surface area contributed by atoms with Crippen LogP contribution < -0.4 is 10.1 Å². The maximum atomic E-state index is 12.2. The third-order valence-electron chi connectivity index (χ3n) is 3.92. The van der Waals surface area contributed by atoms with E-state index in [0.29, 0.717) is 12.4 Å². The van der Waals surface area contributed by atoms with Crippen LogP contribution >= 0.6 is 0 Å². The lowest BCUT2D eigenvalue weighted by Crippen LogP contribution is -2.22. The van der Waals surface area contributed by atoms with Crippen molar-refractivity contribution in [3.05, 3.63) is 77.5 Å². The van der Waals surface area contributed by atoms with Crippen LogP contribution in [0.25, 0.3) is 0 Å². The molecular formula is C20H21N3O2. The molecule has 0 atom stereocenters. The van der Waals surface area contributed by atoms with Gasteiger partial charge in [-0.3, -0.25) is 4.79 Å². The molecule has 0 aliphatic rings. The number of carbonyl (C=O) groups excluding carboxylic acids is 1. The number of aromatic nitrogens is 2. The van der Waals surface area contributed by atoms with E-state index >= 15 is 0 Å². The molecule has 0 spiro atoms. The predicted molar refractivity (Wildman–Crippen MR) is 97.8 cm³/mol. The first-order valence-corrected chi connectivity index (χ1v) is 8.18. The number of ether oxygens (including phenoxy) is 1. The Hall–Kier alpha value is -3.08. The molecule has 128 valence electrons. The highest BCUT2D eigenvalue weighted by atomic mass is 16.5. The zero-order valence-electron chi connectivity index (χ0n) is 14.4. The fourth-order valence-corrected chi connectivity index (χ4v) is 2.66. The smallest absolute Gasteiger partial charge is 0.263 e. The monoisotopic (exact) mass is 335 g/mol. The van der Waals surface area contributed by atoms with E-state index in [2.05, 4.69) is 10.4 Å². The van der Waals surface area contributed by atoms with E-state index < -0.39 is 0 Å². The normalized spacial score (nSPS) is 10.5. The molecule has 0 aliphatic carbocycles. The minimum atomic E-state index is -0.211. The molecular weight excluding hydrogens is 314 g/mol. The molecule has 0 saturated carbocycles. The van der Waals surface area contributed by atoms with Crippen molar-refractivity contribution in [2.75, 3.05) is 11.9 Å². The highest BCUT2D eigenvalue weighted by molar-refractivity contribution is 5.91. The number of para-hydroxylation sites is 1. The third-order valence-corrected chi connectivity index (χ3v) is 3.92. The van der Waals surface area contributed by atoms with Crippen LogP contribution in [-0.4, -0.2) is 22.3 Å². The number of nitrogens with one attached hydrogen (secondary N) is 1. The molecule has 25 heavy (non-hydrogen) atoms. The van der Waals surface area contributed by atoms with Crippen molar-refractivity contribution in [3.63, 3.8) is 0 Å². The van der Waals surface area contributed by atoms with Gasteiger partial charge in [0, 0.05) is 6.07 Å². The predicted octanol–water partition coefficient (Wildman–Crippen LogP) is 3.57. The quantitative estimate of drug-likeness (QED) is 0.749. The van der Waals surface area contributed by atoms with E-state index in [0.717, 1.165) is 22.4 Å². The van der Waals surface area contributed by atoms with Crippen molar-refractivity contribution in [2.45, 2.75) is 20.4 Å². The molecule has 2 aromatic carbocycles. The van der Waals surface area contributed by atoms with Gasteiger partial charge >= 0.3 is 0 Å². The Balaban J connectivity index is 1.61. The van der Waals surface area contributed by atoms with Crippen molar-refractivity contribution in [1.29, 1.82) is 0 Å². The highest BCUT2D eigenvalue weighted by Gasteiger charge is 2.10. The summed E-state index contributed by atoms with van der Waals surface area (Å²) in [5, 5.41) is 7.13. The van der Waals surface area contributed by atoms with E-state index in [1.807, 2.05) is 62.4 Å². The minimum absolute atomic E-state index is 0.0395. The average molecular weight is 335 g/mol. The summed E-state index contributed by atoms with van der Waals surface area (Å²) in [5.74, 6) is 1.20. The lowest BCUT2D eigenvalue weighted by atomic mass is 10.1. The molecule has 0 bridgehead atoms. The zero-order valence-corrected chi connectivity index (χ0v) is 14.4. The van der Waals surface area contributed by atoms with Gasteiger partial charge in [0.2, 0.25) is 0 Å². The van der Waals surface area contributed by atoms with Crippen molar-refractivity contribution >= 4 is 11.7 Å². The van der Waals surface area contributed by atoms with Gasteiger partial charge in [-0.05, 0) is 30.5 Å². The summed E-state index contributed by atoms with van der Waals surface area (Å²) in [4.78, 5) is 12.2. The number of amides is 1. The van der Waals surface area contributed by atoms with Crippen molar-refractivity contribution in [3.8, 4) is 5.75 Å². The molecule has 1 heterocycles. The molecule has 1 N–H and O–H groups in total. The second kappa shape index (κ2) is 7.66. The summed E-state index contributed by atoms with van der Waals surface area (Å²) in [7, 11) is 0. The average Bonchev–Trinajstić information content (AvgIpc) is 3.02. The van der Waals surface area contributed by atoms with Gasteiger partial charge in [-0.15, -0.1) is 0 Å². The molecule has 0 aliphatic heterocycles. The van der Waals surface area contributed by atoms with Crippen LogP contribution in [0.1, 0.15) is 16.7 Å². The Morgan fingerprint density at radius 1 is 1.04 bits per heavy atom. The van der Waals surface area contributed by atoms with Crippen LogP contribution in [0.4, 0.5) is 5.82 Å². The molecule has 5 nitrogen and oxygen atoms in total. The second-order valence-corrected chi connectivity index (χ2v) is 5.92. The number of hydrogen-bond acceptors (Lipinski definition) is 3. The van der Waals surface area contributed by atoms with E-state index in [1.54, 1.807) is 16.9 Å². The van der Waals surface area contributed by atoms with E-state index in [9.17, 15) is 4.79 Å². The fourth-order valence-electron chi connectivity index (χ4n) is 2.66. The van der Waals surface area contributed by atoms with Crippen molar-refractivity contribution in [1.82, 2.24) is 9.78 Å². The first-order chi connectivity index (χ1) is 12.1. The van der Waals surface area contributed by atoms with Gasteiger partial charge in [-0.2, -0.15) is 5.10 Å². The summed E-state index contributed by atoms with van der Waals surface area (Å²) in [6.07, 6.45) is 1.67. The molecule has 3 rings (SSSR count). The lowest BCUT2D eigenvalue weighted by Gasteiger charge is -2.12. The van der Waals surface area contributed by atoms with Crippen LogP contribution in [0.2, 0.25) is 0 Å². The molecule has 0 fully saturated rings. The topological polar surface area (TPSA) is 56.1 Å². The maximum Gasteiger partial charge on any atom is 0.263 e. The first-order valence-electron chi connectivity index (χ1n) is 8.18. The van der Waals surface area contributed by atoms with Gasteiger partial charge in [0.15, 0.2) is 6.61 Å². The first kappa shape index (κ1) is 16.8. The van der Waals surface area contributed by atoms with E-state index in [-0.39, 0.29) is 12.5 Å². The van der Waals surface area contributed by atoms with Crippen LogP contribution in [-0.2, 0) is 11.3 Å². The van der Waals surface area contributed by atoms with Crippen LogP contribution in [0.15, 0.2) is 60.8 Å². The number of nitrogens with zero attached hydrogens (tertiary/aromatic N) is 2. The Morgan fingerprint density at radius 2 is 1.76 bits per heavy atom. The molecule has 1 aromatic heterocycles. The van der Waals surface area contributed by atoms with Gasteiger partial charge in [0.05, 0.1) is 12.7 Å². The summed E-state index contributed by atoms with van der Waals surface area (Å²) >= 11 is 0. The Labute approximate surface area is 147 Å². The summed E-state index contributed by atoms with van der Waals surface area (Å²) < 4.78 is 7.45. The Morgan fingerprint density at radius 3 is 2.48 bits per heavy atom. The molecule has 0 radical (unpaired) electrons. The number of hydrogen-bond donors (Lipinski definition) is 1. The number of rotatable bonds is 6. The SMILES string of the molecule is Cc1cccc(C)c1OCC(=O)Nc1ccnn1Cc1ccccc1. The third kappa shape index (κ3) is 4.26. The Kier molecular flexibility index (Phi) is 5.14. The molecule has 0 saturated heterocycles. The number of anilines is 1. The maximum absolute atomic E-state index is 12.2. The van der Waals surface area contributed by atoms with Crippen LogP contribution in [0.3, 0.4) is 0 Å². The zero-order chi connectivity index (χ0) is 17.6. The fraction of sp³-hybridized carbons (Fsp3) is 0.200. The standard InChI is InChI=1S/C20H21N3O2/c1-15-7-6-8-16(2)20(15)25-14-19(24)22-18-11-12-21-23(18)13-17-9-4-3-5-10-17/h3-12H,13-14H2,1-2H3,(H,22,24). The molecule has 1 amide bonds. The molecule has 3 aromatic rings. The van der Waals surface area contributed by atoms with Crippen LogP contribution in [0, 0.1) is 13.8 Å². The van der Waals surface area contributed by atoms with Gasteiger partial charge in [0.25, 0.3) is 5.91 Å². The molecule has 5 heteroatoms. The van der Waals surface area contributed by atoms with Crippen LogP contribution in [0.5, 0.6) is 5.75 Å². The largest absolute Gasteiger partial charge is 0.483 e. The van der Waals surface area contributed by atoms with Gasteiger partial charge in [-0.1, -0.05) is 48.5 Å². The number of aryl methyl sites for hydroxylation is 2. The number of carbonyl (C=O) groups is 1. The van der Waals surface area contributed by atoms with Gasteiger partial charge in [-0.25, -0.2) is 4.68 Å². The second-order valence-electron chi connectivity index (χ2n) is 5.92. The van der Waals surface area contributed by atoms with Crippen molar-refractivity contribution in [2.24, 2.45) is 0 Å². The van der Waals surface area contributed by atoms with Gasteiger partial charge < -0.3 is 10.1 Å². The van der Waals surface area contributed by atoms with Crippen molar-refractivity contribution < 1.29 is 9.53 Å². The Bertz CT molecular complexity index is 836. The number of benzene rings is 2. The van der Waals surface area contributed by atoms with E-state index in [1.165, 1.54) is 0 Å². The highest BCUT2D eigenvalue weighted by Crippen LogP contribution is 2.22. The minimum Gasteiger partial charge on any atom is -0.483 e. The summed E-state index contributed by atoms with van der Waals surface area (Å²) in [5.41, 5.74) is 3.15. The summed E-state index contributed by atoms with van der Waals surface area (Å²) in [6.45, 7) is 4.49.